The zero-order chi connectivity index (χ0) is 37.7. The lowest BCUT2D eigenvalue weighted by Gasteiger charge is -2.14. The number of nitrogens with zero attached hydrogens (tertiary/aromatic N) is 3. The van der Waals surface area contributed by atoms with Gasteiger partial charge < -0.3 is 4.42 Å². The Morgan fingerprint density at radius 3 is 1.62 bits per heavy atom. The molecule has 4 nitrogen and oxygen atoms in total. The largest absolute Gasteiger partial charge is 0.456 e. The van der Waals surface area contributed by atoms with Gasteiger partial charge in [-0.1, -0.05) is 158 Å². The van der Waals surface area contributed by atoms with Crippen molar-refractivity contribution in [1.29, 1.82) is 0 Å². The predicted molar refractivity (Wildman–Crippen MR) is 235 cm³/mol. The first-order chi connectivity index (χ1) is 27.7. The van der Waals surface area contributed by atoms with E-state index in [0.717, 1.165) is 83.1 Å². The van der Waals surface area contributed by atoms with E-state index in [0.29, 0.717) is 18.2 Å². The molecule has 0 saturated carbocycles. The van der Waals surface area contributed by atoms with Gasteiger partial charge in [-0.15, -0.1) is 0 Å². The molecule has 266 valence electrons. The summed E-state index contributed by atoms with van der Waals surface area (Å²) < 4.78 is 6.60. The number of aliphatic imine (C=N–C) groups is 3. The average molecular weight is 720 g/mol. The average Bonchev–Trinajstić information content (AvgIpc) is 3.66. The molecular weight excluding hydrogens is 683 g/mol. The predicted octanol–water partition coefficient (Wildman–Crippen LogP) is 13.3. The Hall–Kier alpha value is -7.43. The molecule has 1 heterocycles. The van der Waals surface area contributed by atoms with Crippen molar-refractivity contribution in [3.63, 3.8) is 0 Å². The monoisotopic (exact) mass is 719 g/mol. The zero-order valence-corrected chi connectivity index (χ0v) is 30.7. The quantitative estimate of drug-likeness (QED) is 0.114. The highest BCUT2D eigenvalue weighted by atomic mass is 16.3. The molecule has 0 saturated heterocycles. The maximum Gasteiger partial charge on any atom is 0.161 e. The van der Waals surface area contributed by atoms with Crippen LogP contribution in [0.25, 0.3) is 66.4 Å². The molecular formula is C52H37N3O. The summed E-state index contributed by atoms with van der Waals surface area (Å²) in [4.78, 5) is 14.5. The highest BCUT2D eigenvalue weighted by Gasteiger charge is 2.18. The summed E-state index contributed by atoms with van der Waals surface area (Å²) in [5.74, 6) is 1.09. The lowest BCUT2D eigenvalue weighted by Crippen LogP contribution is -2.05. The van der Waals surface area contributed by atoms with Crippen molar-refractivity contribution in [3.8, 4) is 44.5 Å². The van der Waals surface area contributed by atoms with Crippen LogP contribution >= 0.6 is 0 Å². The van der Waals surface area contributed by atoms with Crippen LogP contribution in [0, 0.1) is 0 Å². The van der Waals surface area contributed by atoms with Crippen molar-refractivity contribution < 1.29 is 4.42 Å². The van der Waals surface area contributed by atoms with E-state index in [-0.39, 0.29) is 0 Å². The fourth-order valence-electron chi connectivity index (χ4n) is 7.28. The third-order valence-electron chi connectivity index (χ3n) is 10.0. The van der Waals surface area contributed by atoms with E-state index in [1.54, 1.807) is 0 Å². The molecule has 0 amide bonds. The third-order valence-corrected chi connectivity index (χ3v) is 10.0. The molecule has 8 aromatic carbocycles. The van der Waals surface area contributed by atoms with Gasteiger partial charge in [-0.2, -0.15) is 0 Å². The van der Waals surface area contributed by atoms with Gasteiger partial charge in [0.25, 0.3) is 0 Å². The van der Waals surface area contributed by atoms with Crippen molar-refractivity contribution in [2.45, 2.75) is 6.54 Å². The molecule has 0 unspecified atom stereocenters. The van der Waals surface area contributed by atoms with Crippen LogP contribution in [0.4, 0.5) is 0 Å². The van der Waals surface area contributed by atoms with Crippen LogP contribution in [-0.2, 0) is 6.54 Å². The summed E-state index contributed by atoms with van der Waals surface area (Å²) in [5, 5.41) is 2.12. The van der Waals surface area contributed by atoms with E-state index in [1.165, 1.54) is 0 Å². The minimum Gasteiger partial charge on any atom is -0.456 e. The molecule has 0 fully saturated rings. The Labute approximate surface area is 326 Å². The molecule has 0 bridgehead atoms. The molecule has 0 N–H and O–H groups in total. The van der Waals surface area contributed by atoms with Gasteiger partial charge in [-0.3, -0.25) is 4.99 Å². The van der Waals surface area contributed by atoms with Crippen LogP contribution in [0.3, 0.4) is 0 Å². The van der Waals surface area contributed by atoms with Gasteiger partial charge in [0.1, 0.15) is 11.2 Å². The second-order valence-electron chi connectivity index (χ2n) is 13.7. The fraction of sp³-hybridized carbons (Fsp3) is 0.0192. The number of amidine groups is 2. The first kappa shape index (κ1) is 34.3. The van der Waals surface area contributed by atoms with Crippen molar-refractivity contribution in [1.82, 2.24) is 0 Å². The first-order valence-corrected chi connectivity index (χ1v) is 18.7. The number of hydrogen-bond acceptors (Lipinski definition) is 2. The molecule has 0 radical (unpaired) electrons. The number of hydrogen-bond donors (Lipinski definition) is 0. The Bertz CT molecular complexity index is 2820. The normalized spacial score (nSPS) is 11.9. The fourth-order valence-corrected chi connectivity index (χ4v) is 7.28. The third kappa shape index (κ3) is 7.12. The minimum absolute atomic E-state index is 0.495. The molecule has 0 spiro atoms. The highest BCUT2D eigenvalue weighted by Crippen LogP contribution is 2.42. The van der Waals surface area contributed by atoms with E-state index in [2.05, 4.69) is 145 Å². The Balaban J connectivity index is 1.20. The van der Waals surface area contributed by atoms with Crippen LogP contribution in [0.1, 0.15) is 16.7 Å². The standard InChI is InChI=1S/C52H37N3O/c1-53-51(55-52(39-23-12-5-13-24-39)54-35-36-17-6-2-7-18-36)41-26-16-25-40(29-41)47-33-45(34-49-50(47)46-27-14-15-28-48(46)56-49)44-31-42(37-19-8-3-9-20-37)30-43(32-44)38-21-10-4-11-22-38/h2-34H,1,35H2/b54-52-,55-51-. The minimum atomic E-state index is 0.495. The van der Waals surface area contributed by atoms with Crippen molar-refractivity contribution in [2.75, 3.05) is 0 Å². The van der Waals surface area contributed by atoms with E-state index in [4.69, 9.17) is 14.4 Å². The Kier molecular flexibility index (Phi) is 9.51. The van der Waals surface area contributed by atoms with Crippen LogP contribution in [0.5, 0.6) is 0 Å². The van der Waals surface area contributed by atoms with E-state index < -0.39 is 0 Å². The summed E-state index contributed by atoms with van der Waals surface area (Å²) in [6, 6.07) is 69.2. The van der Waals surface area contributed by atoms with Crippen molar-refractivity contribution in [2.24, 2.45) is 15.0 Å². The van der Waals surface area contributed by atoms with E-state index in [1.807, 2.05) is 66.7 Å². The summed E-state index contributed by atoms with van der Waals surface area (Å²) >= 11 is 0. The Morgan fingerprint density at radius 2 is 0.964 bits per heavy atom. The van der Waals surface area contributed by atoms with E-state index >= 15 is 0 Å². The van der Waals surface area contributed by atoms with Gasteiger partial charge in [-0.05, 0) is 99.3 Å². The molecule has 9 aromatic rings. The van der Waals surface area contributed by atoms with Gasteiger partial charge >= 0.3 is 0 Å². The SMILES string of the molecule is C=N/C(=N\C(=N/Cc1ccccc1)c1ccccc1)c1cccc(-c2cc(-c3cc(-c4ccccc4)cc(-c4ccccc4)c3)cc3oc4ccccc4c23)c1. The molecule has 56 heavy (non-hydrogen) atoms. The number of fused-ring (bicyclic) bond motifs is 3. The smallest absolute Gasteiger partial charge is 0.161 e. The van der Waals surface area contributed by atoms with Gasteiger partial charge in [0, 0.05) is 21.9 Å². The molecule has 1 aromatic heterocycles. The van der Waals surface area contributed by atoms with Gasteiger partial charge in [0.2, 0.25) is 0 Å². The topological polar surface area (TPSA) is 50.2 Å². The molecule has 4 heteroatoms. The highest BCUT2D eigenvalue weighted by molar-refractivity contribution is 6.16. The van der Waals surface area contributed by atoms with Gasteiger partial charge in [0.15, 0.2) is 11.7 Å². The van der Waals surface area contributed by atoms with Crippen LogP contribution in [0.15, 0.2) is 220 Å². The maximum absolute atomic E-state index is 6.60. The summed E-state index contributed by atoms with van der Waals surface area (Å²) in [5.41, 5.74) is 13.4. The maximum atomic E-state index is 6.60. The second kappa shape index (κ2) is 15.5. The number of furan rings is 1. The summed E-state index contributed by atoms with van der Waals surface area (Å²) in [7, 11) is 0. The molecule has 0 aliphatic rings. The molecule has 0 atom stereocenters. The van der Waals surface area contributed by atoms with Crippen LogP contribution in [-0.4, -0.2) is 18.4 Å². The first-order valence-electron chi connectivity index (χ1n) is 18.7. The number of rotatable bonds is 8. The summed E-state index contributed by atoms with van der Waals surface area (Å²) in [6.45, 7) is 4.45. The zero-order valence-electron chi connectivity index (χ0n) is 30.7. The lowest BCUT2D eigenvalue weighted by molar-refractivity contribution is 0.669. The lowest BCUT2D eigenvalue weighted by atomic mass is 9.90. The second-order valence-corrected chi connectivity index (χ2v) is 13.7. The van der Waals surface area contributed by atoms with Gasteiger partial charge in [0.05, 0.1) is 6.54 Å². The molecule has 9 rings (SSSR count). The van der Waals surface area contributed by atoms with Crippen LogP contribution < -0.4 is 0 Å². The van der Waals surface area contributed by atoms with Crippen LogP contribution in [0.2, 0.25) is 0 Å². The molecule has 0 aliphatic heterocycles. The van der Waals surface area contributed by atoms with Crippen molar-refractivity contribution in [3.05, 3.63) is 217 Å². The summed E-state index contributed by atoms with van der Waals surface area (Å²) in [6.07, 6.45) is 0. The number of para-hydroxylation sites is 1. The van der Waals surface area contributed by atoms with Crippen molar-refractivity contribution >= 4 is 40.3 Å². The van der Waals surface area contributed by atoms with Gasteiger partial charge in [-0.25, -0.2) is 9.98 Å². The van der Waals surface area contributed by atoms with E-state index in [9.17, 15) is 0 Å². The Morgan fingerprint density at radius 1 is 0.429 bits per heavy atom. The molecule has 0 aliphatic carbocycles. The number of benzene rings is 8.